The summed E-state index contributed by atoms with van der Waals surface area (Å²) in [6.45, 7) is 5.75. The number of aromatic nitrogens is 3. The number of carbonyl (C=O) groups is 1. The van der Waals surface area contributed by atoms with Gasteiger partial charge in [-0.25, -0.2) is 9.78 Å². The van der Waals surface area contributed by atoms with Crippen molar-refractivity contribution in [3.63, 3.8) is 0 Å². The molecule has 6 heteroatoms. The standard InChI is InChI=1S/C15H20N4O2/c1-3-21-15(20)18-8-5-12(6-9-18)19-11(2)17-13-10-16-7-4-14(13)19/h4,7,10,12H,3,5-6,8-9H2,1-2H3. The number of pyridine rings is 1. The van der Waals surface area contributed by atoms with Gasteiger partial charge < -0.3 is 14.2 Å². The fourth-order valence-electron chi connectivity index (χ4n) is 3.05. The fraction of sp³-hybridized carbons (Fsp3) is 0.533. The molecule has 0 unspecified atom stereocenters. The van der Waals surface area contributed by atoms with Crippen LogP contribution in [0.5, 0.6) is 0 Å². The molecule has 112 valence electrons. The normalized spacial score (nSPS) is 16.4. The van der Waals surface area contributed by atoms with Gasteiger partial charge in [0.25, 0.3) is 0 Å². The number of aryl methyl sites for hydroxylation is 1. The highest BCUT2D eigenvalue weighted by molar-refractivity contribution is 5.74. The van der Waals surface area contributed by atoms with Gasteiger partial charge in [0.2, 0.25) is 0 Å². The highest BCUT2D eigenvalue weighted by Crippen LogP contribution is 2.28. The zero-order valence-electron chi connectivity index (χ0n) is 12.5. The van der Waals surface area contributed by atoms with Crippen LogP contribution in [0.2, 0.25) is 0 Å². The third-order valence-electron chi connectivity index (χ3n) is 4.02. The summed E-state index contributed by atoms with van der Waals surface area (Å²) in [5.41, 5.74) is 2.06. The summed E-state index contributed by atoms with van der Waals surface area (Å²) >= 11 is 0. The van der Waals surface area contributed by atoms with Crippen LogP contribution in [0.15, 0.2) is 18.5 Å². The van der Waals surface area contributed by atoms with Gasteiger partial charge in [-0.05, 0) is 32.8 Å². The molecular weight excluding hydrogens is 268 g/mol. The van der Waals surface area contributed by atoms with E-state index in [0.29, 0.717) is 12.6 Å². The van der Waals surface area contributed by atoms with Crippen molar-refractivity contribution >= 4 is 17.1 Å². The van der Waals surface area contributed by atoms with Gasteiger partial charge in [0, 0.05) is 25.3 Å². The number of likely N-dealkylation sites (tertiary alicyclic amines) is 1. The highest BCUT2D eigenvalue weighted by Gasteiger charge is 2.26. The number of carbonyl (C=O) groups excluding carboxylic acids is 1. The lowest BCUT2D eigenvalue weighted by molar-refractivity contribution is 0.0929. The average Bonchev–Trinajstić information content (AvgIpc) is 2.83. The Bertz CT molecular complexity index is 644. The number of imidazole rings is 1. The number of nitrogens with zero attached hydrogens (tertiary/aromatic N) is 4. The van der Waals surface area contributed by atoms with E-state index in [1.54, 1.807) is 17.3 Å². The van der Waals surface area contributed by atoms with Crippen LogP contribution in [0.3, 0.4) is 0 Å². The molecule has 0 bridgehead atoms. The first kappa shape index (κ1) is 13.9. The average molecular weight is 288 g/mol. The minimum Gasteiger partial charge on any atom is -0.450 e. The quantitative estimate of drug-likeness (QED) is 0.852. The van der Waals surface area contributed by atoms with Crippen LogP contribution in [-0.4, -0.2) is 45.2 Å². The van der Waals surface area contributed by atoms with Gasteiger partial charge in [-0.1, -0.05) is 0 Å². The van der Waals surface area contributed by atoms with Crippen LogP contribution < -0.4 is 0 Å². The summed E-state index contributed by atoms with van der Waals surface area (Å²) in [7, 11) is 0. The van der Waals surface area contributed by atoms with Crippen LogP contribution >= 0.6 is 0 Å². The molecule has 1 aliphatic rings. The van der Waals surface area contributed by atoms with Crippen molar-refractivity contribution in [1.29, 1.82) is 0 Å². The minimum atomic E-state index is -0.202. The number of fused-ring (bicyclic) bond motifs is 1. The summed E-state index contributed by atoms with van der Waals surface area (Å²) < 4.78 is 7.34. The van der Waals surface area contributed by atoms with Gasteiger partial charge in [0.05, 0.1) is 18.3 Å². The summed E-state index contributed by atoms with van der Waals surface area (Å²) in [6.07, 6.45) is 5.24. The van der Waals surface area contributed by atoms with Gasteiger partial charge in [0.1, 0.15) is 11.3 Å². The lowest BCUT2D eigenvalue weighted by Gasteiger charge is -2.32. The molecular formula is C15H20N4O2. The first-order valence-electron chi connectivity index (χ1n) is 7.41. The summed E-state index contributed by atoms with van der Waals surface area (Å²) in [5.74, 6) is 1.01. The molecule has 1 aliphatic heterocycles. The number of hydrogen-bond acceptors (Lipinski definition) is 4. The maximum absolute atomic E-state index is 11.7. The molecule has 0 saturated carbocycles. The Labute approximate surface area is 123 Å². The van der Waals surface area contributed by atoms with Crippen molar-refractivity contribution in [3.05, 3.63) is 24.3 Å². The van der Waals surface area contributed by atoms with Crippen molar-refractivity contribution in [3.8, 4) is 0 Å². The SMILES string of the molecule is CCOC(=O)N1CCC(n2c(C)nc3cnccc32)CC1. The molecule has 1 amide bonds. The molecule has 2 aromatic rings. The molecule has 1 saturated heterocycles. The molecule has 1 fully saturated rings. The monoisotopic (exact) mass is 288 g/mol. The molecule has 2 aromatic heterocycles. The minimum absolute atomic E-state index is 0.202. The molecule has 0 N–H and O–H groups in total. The van der Waals surface area contributed by atoms with Crippen LogP contribution in [-0.2, 0) is 4.74 Å². The Morgan fingerprint density at radius 3 is 2.90 bits per heavy atom. The maximum atomic E-state index is 11.7. The third kappa shape index (κ3) is 2.57. The van der Waals surface area contributed by atoms with Crippen molar-refractivity contribution in [1.82, 2.24) is 19.4 Å². The van der Waals surface area contributed by atoms with E-state index in [0.717, 1.165) is 42.8 Å². The largest absolute Gasteiger partial charge is 0.450 e. The number of amides is 1. The highest BCUT2D eigenvalue weighted by atomic mass is 16.6. The Hall–Kier alpha value is -2.11. The maximum Gasteiger partial charge on any atom is 0.409 e. The molecule has 3 heterocycles. The molecule has 6 nitrogen and oxygen atoms in total. The molecule has 3 rings (SSSR count). The van der Waals surface area contributed by atoms with E-state index in [2.05, 4.69) is 14.5 Å². The predicted molar refractivity (Wildman–Crippen MR) is 79.1 cm³/mol. The summed E-state index contributed by atoms with van der Waals surface area (Å²) in [6, 6.07) is 2.38. The number of piperidine rings is 1. The van der Waals surface area contributed by atoms with E-state index in [1.807, 2.05) is 19.9 Å². The molecule has 0 aromatic carbocycles. The van der Waals surface area contributed by atoms with Crippen LogP contribution in [0.4, 0.5) is 4.79 Å². The first-order valence-corrected chi connectivity index (χ1v) is 7.41. The lowest BCUT2D eigenvalue weighted by Crippen LogP contribution is -2.39. The smallest absolute Gasteiger partial charge is 0.409 e. The second-order valence-electron chi connectivity index (χ2n) is 5.31. The van der Waals surface area contributed by atoms with Gasteiger partial charge in [-0.3, -0.25) is 4.98 Å². The topological polar surface area (TPSA) is 60.2 Å². The van der Waals surface area contributed by atoms with E-state index < -0.39 is 0 Å². The first-order chi connectivity index (χ1) is 10.2. The molecule has 0 atom stereocenters. The van der Waals surface area contributed by atoms with E-state index >= 15 is 0 Å². The number of ether oxygens (including phenoxy) is 1. The Morgan fingerprint density at radius 2 is 2.19 bits per heavy atom. The zero-order chi connectivity index (χ0) is 14.8. The Balaban J connectivity index is 1.77. The fourth-order valence-corrected chi connectivity index (χ4v) is 3.05. The number of rotatable bonds is 2. The van der Waals surface area contributed by atoms with E-state index in [4.69, 9.17) is 4.74 Å². The molecule has 0 spiro atoms. The lowest BCUT2D eigenvalue weighted by atomic mass is 10.0. The predicted octanol–water partition coefficient (Wildman–Crippen LogP) is 2.53. The van der Waals surface area contributed by atoms with Gasteiger partial charge in [-0.2, -0.15) is 0 Å². The second kappa shape index (κ2) is 5.71. The third-order valence-corrected chi connectivity index (χ3v) is 4.02. The van der Waals surface area contributed by atoms with E-state index in [9.17, 15) is 4.79 Å². The van der Waals surface area contributed by atoms with Crippen molar-refractivity contribution < 1.29 is 9.53 Å². The summed E-state index contributed by atoms with van der Waals surface area (Å²) in [5, 5.41) is 0. The van der Waals surface area contributed by atoms with E-state index in [-0.39, 0.29) is 6.09 Å². The van der Waals surface area contributed by atoms with Gasteiger partial charge in [0.15, 0.2) is 0 Å². The zero-order valence-corrected chi connectivity index (χ0v) is 12.5. The van der Waals surface area contributed by atoms with Crippen molar-refractivity contribution in [2.75, 3.05) is 19.7 Å². The number of hydrogen-bond donors (Lipinski definition) is 0. The van der Waals surface area contributed by atoms with Crippen LogP contribution in [0, 0.1) is 6.92 Å². The Kier molecular flexibility index (Phi) is 3.77. The molecule has 0 aliphatic carbocycles. The van der Waals surface area contributed by atoms with Crippen molar-refractivity contribution in [2.24, 2.45) is 0 Å². The second-order valence-corrected chi connectivity index (χ2v) is 5.31. The van der Waals surface area contributed by atoms with E-state index in [1.165, 1.54) is 0 Å². The van der Waals surface area contributed by atoms with Crippen LogP contribution in [0.1, 0.15) is 31.6 Å². The van der Waals surface area contributed by atoms with Crippen LogP contribution in [0.25, 0.3) is 11.0 Å². The van der Waals surface area contributed by atoms with Crippen molar-refractivity contribution in [2.45, 2.75) is 32.7 Å². The molecule has 0 radical (unpaired) electrons. The Morgan fingerprint density at radius 1 is 1.43 bits per heavy atom. The van der Waals surface area contributed by atoms with Gasteiger partial charge >= 0.3 is 6.09 Å². The van der Waals surface area contributed by atoms with Gasteiger partial charge in [-0.15, -0.1) is 0 Å². The molecule has 21 heavy (non-hydrogen) atoms. The summed E-state index contributed by atoms with van der Waals surface area (Å²) in [4.78, 5) is 22.2.